The Morgan fingerprint density at radius 2 is 1.89 bits per heavy atom. The molecule has 0 aromatic carbocycles. The first-order chi connectivity index (χ1) is 3.96. The zero-order valence-electron chi connectivity index (χ0n) is 5.72. The Balaban J connectivity index is 2.75. The van der Waals surface area contributed by atoms with Gasteiger partial charge >= 0.3 is 0 Å². The molecule has 0 aromatic heterocycles. The highest BCUT2D eigenvalue weighted by molar-refractivity contribution is 6.26. The van der Waals surface area contributed by atoms with E-state index in [1.807, 2.05) is 0 Å². The number of hydrogen-bond acceptors (Lipinski definition) is 1. The summed E-state index contributed by atoms with van der Waals surface area (Å²) in [5.74, 6) is 0. The average molecular weight is 120 g/mol. The third kappa shape index (κ3) is 1.03. The lowest BCUT2D eigenvalue weighted by Crippen LogP contribution is -2.37. The van der Waals surface area contributed by atoms with Crippen molar-refractivity contribution in [2.75, 3.05) is 0 Å². The zero-order chi connectivity index (χ0) is 7.12. The number of rotatable bonds is 0. The zero-order valence-corrected chi connectivity index (χ0v) is 5.72. The van der Waals surface area contributed by atoms with E-state index in [1.165, 1.54) is 0 Å². The molecule has 3 heteroatoms. The lowest BCUT2D eigenvalue weighted by atomic mass is 9.54. The molecular formula is C6H10B2O. The molecule has 1 N–H and O–H groups in total. The van der Waals surface area contributed by atoms with Crippen LogP contribution in [-0.2, 0) is 0 Å². The first-order valence-electron chi connectivity index (χ1n) is 3.26. The SMILES string of the molecule is [B]C1(C)CCCC1([B])O. The van der Waals surface area contributed by atoms with E-state index < -0.39 is 10.8 Å². The molecular weight excluding hydrogens is 110 g/mol. The Hall–Kier alpha value is 0.0899. The molecule has 4 radical (unpaired) electrons. The van der Waals surface area contributed by atoms with Crippen LogP contribution in [0.3, 0.4) is 0 Å². The van der Waals surface area contributed by atoms with E-state index in [0.29, 0.717) is 6.42 Å². The maximum Gasteiger partial charge on any atom is 0.113 e. The van der Waals surface area contributed by atoms with Gasteiger partial charge in [0.25, 0.3) is 0 Å². The van der Waals surface area contributed by atoms with Crippen molar-refractivity contribution in [1.29, 1.82) is 0 Å². The van der Waals surface area contributed by atoms with Crippen LogP contribution in [0.4, 0.5) is 0 Å². The first kappa shape index (κ1) is 7.20. The highest BCUT2D eigenvalue weighted by Gasteiger charge is 2.41. The molecule has 0 saturated heterocycles. The van der Waals surface area contributed by atoms with Crippen molar-refractivity contribution in [1.82, 2.24) is 0 Å². The van der Waals surface area contributed by atoms with E-state index >= 15 is 0 Å². The van der Waals surface area contributed by atoms with E-state index in [1.54, 1.807) is 6.92 Å². The molecule has 0 spiro atoms. The van der Waals surface area contributed by atoms with Gasteiger partial charge in [-0.25, -0.2) is 0 Å². The average Bonchev–Trinajstić information content (AvgIpc) is 1.81. The van der Waals surface area contributed by atoms with Crippen LogP contribution in [0.5, 0.6) is 0 Å². The van der Waals surface area contributed by atoms with Gasteiger partial charge in [-0.2, -0.15) is 0 Å². The van der Waals surface area contributed by atoms with E-state index in [9.17, 15) is 5.11 Å². The van der Waals surface area contributed by atoms with Gasteiger partial charge in [-0.3, -0.25) is 0 Å². The second kappa shape index (κ2) is 1.79. The van der Waals surface area contributed by atoms with Crippen LogP contribution in [0.15, 0.2) is 0 Å². The summed E-state index contributed by atoms with van der Waals surface area (Å²) in [7, 11) is 11.2. The molecule has 1 aliphatic carbocycles. The molecule has 0 amide bonds. The summed E-state index contributed by atoms with van der Waals surface area (Å²) in [4.78, 5) is 0. The van der Waals surface area contributed by atoms with Crippen LogP contribution in [-0.4, -0.2) is 26.3 Å². The van der Waals surface area contributed by atoms with Crippen LogP contribution in [0.25, 0.3) is 0 Å². The summed E-state index contributed by atoms with van der Waals surface area (Å²) in [6, 6.07) is 0. The molecule has 9 heavy (non-hydrogen) atoms. The molecule has 1 aliphatic rings. The van der Waals surface area contributed by atoms with Gasteiger partial charge in [0.15, 0.2) is 0 Å². The molecule has 0 aliphatic heterocycles. The van der Waals surface area contributed by atoms with Crippen molar-refractivity contribution in [3.05, 3.63) is 0 Å². The van der Waals surface area contributed by atoms with Crippen LogP contribution in [0.2, 0.25) is 5.31 Å². The molecule has 1 rings (SSSR count). The summed E-state index contributed by atoms with van der Waals surface area (Å²) in [5.41, 5.74) is -1.13. The van der Waals surface area contributed by atoms with Gasteiger partial charge in [-0.05, 0) is 11.7 Å². The molecule has 2 unspecified atom stereocenters. The summed E-state index contributed by atoms with van der Waals surface area (Å²) in [6.07, 6.45) is 2.38. The minimum Gasteiger partial charge on any atom is -0.400 e. The number of aliphatic hydroxyl groups is 1. The molecule has 1 fully saturated rings. The first-order valence-corrected chi connectivity index (χ1v) is 3.26. The Labute approximate surface area is 58.7 Å². The van der Waals surface area contributed by atoms with Crippen molar-refractivity contribution in [3.8, 4) is 0 Å². The maximum atomic E-state index is 9.38. The topological polar surface area (TPSA) is 20.2 Å². The van der Waals surface area contributed by atoms with Gasteiger partial charge < -0.3 is 5.11 Å². The van der Waals surface area contributed by atoms with Gasteiger partial charge in [0.2, 0.25) is 0 Å². The predicted octanol–water partition coefficient (Wildman–Crippen LogP) is 0.374. The summed E-state index contributed by atoms with van der Waals surface area (Å²) >= 11 is 0. The predicted molar refractivity (Wildman–Crippen MR) is 38.7 cm³/mol. The molecule has 0 aromatic rings. The normalized spacial score (nSPS) is 51.8. The van der Waals surface area contributed by atoms with Crippen molar-refractivity contribution in [2.45, 2.75) is 37.0 Å². The smallest absolute Gasteiger partial charge is 0.113 e. The minimum absolute atomic E-state index is 0.576. The van der Waals surface area contributed by atoms with E-state index in [2.05, 4.69) is 0 Å². The molecule has 0 bridgehead atoms. The van der Waals surface area contributed by atoms with E-state index in [-0.39, 0.29) is 0 Å². The molecule has 1 nitrogen and oxygen atoms in total. The summed E-state index contributed by atoms with van der Waals surface area (Å²) < 4.78 is 0. The largest absolute Gasteiger partial charge is 0.400 e. The molecule has 1 saturated carbocycles. The highest BCUT2D eigenvalue weighted by atomic mass is 16.3. The summed E-state index contributed by atoms with van der Waals surface area (Å²) in [6.45, 7) is 1.79. The monoisotopic (exact) mass is 120 g/mol. The molecule has 2 atom stereocenters. The minimum atomic E-state index is -1.13. The fraction of sp³-hybridized carbons (Fsp3) is 1.00. The third-order valence-electron chi connectivity index (χ3n) is 2.24. The lowest BCUT2D eigenvalue weighted by Gasteiger charge is -2.34. The Bertz CT molecular complexity index is 106. The van der Waals surface area contributed by atoms with E-state index in [4.69, 9.17) is 15.7 Å². The van der Waals surface area contributed by atoms with Gasteiger partial charge in [-0.15, -0.1) is 0 Å². The third-order valence-corrected chi connectivity index (χ3v) is 2.24. The fourth-order valence-electron chi connectivity index (χ4n) is 1.23. The Morgan fingerprint density at radius 1 is 1.33 bits per heavy atom. The lowest BCUT2D eigenvalue weighted by molar-refractivity contribution is 0.103. The van der Waals surface area contributed by atoms with Crippen molar-refractivity contribution >= 4 is 15.7 Å². The standard InChI is InChI=1S/C6H10B2O/c1-5(7)3-2-4-6(5,8)9/h9H,2-4H2,1H3. The number of hydrogen-bond donors (Lipinski definition) is 1. The van der Waals surface area contributed by atoms with E-state index in [0.717, 1.165) is 12.8 Å². The quantitative estimate of drug-likeness (QED) is 0.457. The van der Waals surface area contributed by atoms with Gasteiger partial charge in [0, 0.05) is 5.50 Å². The maximum absolute atomic E-state index is 9.38. The Morgan fingerprint density at radius 3 is 2.00 bits per heavy atom. The van der Waals surface area contributed by atoms with Crippen molar-refractivity contribution < 1.29 is 5.11 Å². The fourth-order valence-corrected chi connectivity index (χ4v) is 1.23. The second-order valence-electron chi connectivity index (χ2n) is 3.20. The van der Waals surface area contributed by atoms with Crippen LogP contribution >= 0.6 is 0 Å². The van der Waals surface area contributed by atoms with Crippen molar-refractivity contribution in [2.24, 2.45) is 0 Å². The van der Waals surface area contributed by atoms with Gasteiger partial charge in [0.1, 0.15) is 7.85 Å². The van der Waals surface area contributed by atoms with Gasteiger partial charge in [-0.1, -0.05) is 19.8 Å². The molecule has 46 valence electrons. The van der Waals surface area contributed by atoms with Crippen LogP contribution in [0.1, 0.15) is 26.2 Å². The van der Waals surface area contributed by atoms with Crippen molar-refractivity contribution in [3.63, 3.8) is 0 Å². The second-order valence-corrected chi connectivity index (χ2v) is 3.20. The van der Waals surface area contributed by atoms with Crippen LogP contribution in [0, 0.1) is 0 Å². The highest BCUT2D eigenvalue weighted by Crippen LogP contribution is 2.47. The van der Waals surface area contributed by atoms with Crippen LogP contribution < -0.4 is 0 Å². The van der Waals surface area contributed by atoms with Gasteiger partial charge in [0.05, 0.1) is 7.85 Å². The summed E-state index contributed by atoms with van der Waals surface area (Å²) in [5, 5.41) is 8.80. The Kier molecular flexibility index (Phi) is 1.43. The molecule has 0 heterocycles.